The van der Waals surface area contributed by atoms with Gasteiger partial charge in [0.25, 0.3) is 15.9 Å². The third-order valence-corrected chi connectivity index (χ3v) is 10.4. The first kappa shape index (κ1) is 29.5. The van der Waals surface area contributed by atoms with Crippen LogP contribution in [0.2, 0.25) is 0 Å². The molecule has 2 N–H and O–H groups in total. The number of amides is 1. The average Bonchev–Trinajstić information content (AvgIpc) is 3.46. The van der Waals surface area contributed by atoms with E-state index >= 15 is 0 Å². The Morgan fingerprint density at radius 2 is 1.69 bits per heavy atom. The molecule has 0 radical (unpaired) electrons. The molecular weight excluding hydrogens is 633 g/mol. The van der Waals surface area contributed by atoms with Gasteiger partial charge in [0.15, 0.2) is 15.2 Å². The third-order valence-electron chi connectivity index (χ3n) is 5.69. The summed E-state index contributed by atoms with van der Waals surface area (Å²) in [6.45, 7) is 3.61. The van der Waals surface area contributed by atoms with Gasteiger partial charge in [-0.15, -0.1) is 4.40 Å². The second kappa shape index (κ2) is 11.0. The summed E-state index contributed by atoms with van der Waals surface area (Å²) < 4.78 is 67.6. The monoisotopic (exact) mass is 652 g/mol. The van der Waals surface area contributed by atoms with E-state index in [-0.39, 0.29) is 40.3 Å². The largest absolute Gasteiger partial charge is 0.509 e. The number of carbonyl (C=O) groups is 3. The fourth-order valence-electron chi connectivity index (χ4n) is 3.98. The van der Waals surface area contributed by atoms with Crippen molar-refractivity contribution in [2.75, 3.05) is 28.6 Å². The van der Waals surface area contributed by atoms with Crippen LogP contribution in [0, 0.1) is 0 Å². The average molecular weight is 653 g/mol. The zero-order valence-electron chi connectivity index (χ0n) is 21.7. The van der Waals surface area contributed by atoms with Crippen LogP contribution in [-0.4, -0.2) is 68.9 Å². The number of sulfonamides is 2. The van der Waals surface area contributed by atoms with E-state index in [0.29, 0.717) is 15.1 Å². The smallest absolute Gasteiger partial charge is 0.338 e. The van der Waals surface area contributed by atoms with Gasteiger partial charge < -0.3 is 14.6 Å². The summed E-state index contributed by atoms with van der Waals surface area (Å²) in [4.78, 5) is 41.6. The maximum absolute atomic E-state index is 13.3. The van der Waals surface area contributed by atoms with Crippen LogP contribution in [0.1, 0.15) is 34.6 Å². The molecule has 1 aromatic heterocycles. The molecule has 2 aliphatic heterocycles. The number of benzene rings is 2. The molecule has 1 amide bonds. The van der Waals surface area contributed by atoms with Crippen molar-refractivity contribution in [2.45, 2.75) is 18.7 Å². The van der Waals surface area contributed by atoms with Gasteiger partial charge in [-0.05, 0) is 62.0 Å². The van der Waals surface area contributed by atoms with Crippen molar-refractivity contribution in [3.8, 4) is 0 Å². The van der Waals surface area contributed by atoms with Crippen LogP contribution in [-0.2, 0) is 34.3 Å². The Kier molecular flexibility index (Phi) is 7.73. The normalized spacial score (nSPS) is 16.9. The van der Waals surface area contributed by atoms with E-state index in [2.05, 4.69) is 14.1 Å². The Bertz CT molecular complexity index is 1950. The minimum Gasteiger partial charge on any atom is -0.509 e. The second-order valence-corrected chi connectivity index (χ2v) is 13.9. The highest BCUT2D eigenvalue weighted by molar-refractivity contribution is 8.16. The Morgan fingerprint density at radius 3 is 2.36 bits per heavy atom. The number of nitrogens with one attached hydrogen (secondary N) is 1. The Hall–Kier alpha value is -4.00. The Labute approximate surface area is 247 Å². The van der Waals surface area contributed by atoms with Crippen molar-refractivity contribution in [3.63, 3.8) is 0 Å². The second-order valence-electron chi connectivity index (χ2n) is 8.55. The van der Waals surface area contributed by atoms with Crippen LogP contribution in [0.5, 0.6) is 0 Å². The van der Waals surface area contributed by atoms with E-state index in [1.807, 2.05) is 0 Å². The molecule has 2 aromatic carbocycles. The molecule has 220 valence electrons. The van der Waals surface area contributed by atoms with Crippen LogP contribution in [0.15, 0.2) is 56.4 Å². The molecule has 0 saturated carbocycles. The molecule has 0 atom stereocenters. The van der Waals surface area contributed by atoms with Crippen molar-refractivity contribution in [2.24, 2.45) is 4.40 Å². The molecule has 3 heterocycles. The summed E-state index contributed by atoms with van der Waals surface area (Å²) in [7, 11) is -9.28. The molecule has 14 nitrogen and oxygen atoms in total. The lowest BCUT2D eigenvalue weighted by Gasteiger charge is -2.23. The SMILES string of the molecule is CCOC(=O)c1ccc2c(c1)SC1=NS(=O)(=O)C(=C(O)CS(=O)(=O)Nc3nc4ccc(C(=O)OCC)cc4s3)C(=O)N12. The molecule has 0 spiro atoms. The number of aromatic nitrogens is 1. The molecule has 2 aliphatic rings. The number of anilines is 2. The van der Waals surface area contributed by atoms with Gasteiger partial charge in [0, 0.05) is 4.90 Å². The predicted molar refractivity (Wildman–Crippen MR) is 155 cm³/mol. The molecular formula is C24H20N4O10S4. The highest BCUT2D eigenvalue weighted by atomic mass is 32.2. The summed E-state index contributed by atoms with van der Waals surface area (Å²) in [5.41, 5.74) is 0.970. The van der Waals surface area contributed by atoms with Crippen molar-refractivity contribution in [1.82, 2.24) is 4.98 Å². The van der Waals surface area contributed by atoms with Crippen molar-refractivity contribution in [1.29, 1.82) is 0 Å². The summed E-state index contributed by atoms with van der Waals surface area (Å²) >= 11 is 1.70. The van der Waals surface area contributed by atoms with Crippen LogP contribution >= 0.6 is 23.1 Å². The van der Waals surface area contributed by atoms with Crippen LogP contribution in [0.4, 0.5) is 10.8 Å². The summed E-state index contributed by atoms with van der Waals surface area (Å²) in [5, 5.41) is 10.3. The summed E-state index contributed by atoms with van der Waals surface area (Å²) in [6, 6.07) is 8.62. The van der Waals surface area contributed by atoms with Gasteiger partial charge in [0.2, 0.25) is 10.0 Å². The Balaban J connectivity index is 1.41. The number of ether oxygens (including phenoxy) is 2. The molecule has 0 unspecified atom stereocenters. The number of thiazole rings is 1. The number of amidine groups is 1. The number of aliphatic hydroxyl groups excluding tert-OH is 1. The quantitative estimate of drug-likeness (QED) is 0.205. The molecule has 0 saturated heterocycles. The molecule has 3 aromatic rings. The number of carbonyl (C=O) groups excluding carboxylic acids is 3. The lowest BCUT2D eigenvalue weighted by atomic mass is 10.2. The molecule has 5 rings (SSSR count). The third kappa shape index (κ3) is 5.57. The van der Waals surface area contributed by atoms with Crippen LogP contribution < -0.4 is 9.62 Å². The number of hydrogen-bond donors (Lipinski definition) is 2. The topological polar surface area (TPSA) is 199 Å². The molecule has 18 heteroatoms. The first-order chi connectivity index (χ1) is 19.8. The summed E-state index contributed by atoms with van der Waals surface area (Å²) in [6.07, 6.45) is 0. The van der Waals surface area contributed by atoms with Gasteiger partial charge in [-0.1, -0.05) is 11.3 Å². The van der Waals surface area contributed by atoms with Gasteiger partial charge in [0.05, 0.1) is 40.2 Å². The van der Waals surface area contributed by atoms with E-state index in [9.17, 15) is 36.3 Å². The standard InChI is InChI=1S/C24H20N4O10S4/c1-3-37-21(31)12-5-7-14-17(9-12)39-23(25-14)26-41(33,34)11-16(29)19-20(30)28-15-8-6-13(22(32)38-4-2)10-18(15)40-24(28)27-42(19,35)36/h5-10,29H,3-4,11H2,1-2H3,(H,25,26). The van der Waals surface area contributed by atoms with Crippen LogP contribution in [0.3, 0.4) is 0 Å². The number of thioether (sulfide) groups is 1. The van der Waals surface area contributed by atoms with Gasteiger partial charge in [-0.25, -0.2) is 23.0 Å². The predicted octanol–water partition coefficient (Wildman–Crippen LogP) is 3.00. The minimum atomic E-state index is -4.80. The Morgan fingerprint density at radius 1 is 1.05 bits per heavy atom. The van der Waals surface area contributed by atoms with E-state index < -0.39 is 54.3 Å². The first-order valence-electron chi connectivity index (χ1n) is 12.0. The van der Waals surface area contributed by atoms with E-state index in [4.69, 9.17) is 9.47 Å². The lowest BCUT2D eigenvalue weighted by Crippen LogP contribution is -2.41. The molecule has 0 fully saturated rings. The van der Waals surface area contributed by atoms with E-state index in [0.717, 1.165) is 28.0 Å². The maximum Gasteiger partial charge on any atom is 0.338 e. The zero-order chi connectivity index (χ0) is 30.4. The number of fused-ring (bicyclic) bond motifs is 4. The van der Waals surface area contributed by atoms with Gasteiger partial charge in [-0.3, -0.25) is 14.4 Å². The zero-order valence-corrected chi connectivity index (χ0v) is 24.9. The fraction of sp³-hybridized carbons (Fsp3) is 0.208. The minimum absolute atomic E-state index is 0.121. The van der Waals surface area contributed by atoms with Gasteiger partial charge >= 0.3 is 11.9 Å². The molecule has 0 aliphatic carbocycles. The molecule has 0 bridgehead atoms. The summed E-state index contributed by atoms with van der Waals surface area (Å²) in [5.74, 6) is -4.92. The van der Waals surface area contributed by atoms with Gasteiger partial charge in [-0.2, -0.15) is 8.42 Å². The fourth-order valence-corrected chi connectivity index (χ4v) is 8.69. The maximum atomic E-state index is 13.3. The van der Waals surface area contributed by atoms with Crippen molar-refractivity contribution in [3.05, 3.63) is 58.2 Å². The van der Waals surface area contributed by atoms with Gasteiger partial charge in [0.1, 0.15) is 11.5 Å². The number of nitrogens with zero attached hydrogens (tertiary/aromatic N) is 3. The number of aliphatic hydroxyl groups is 1. The van der Waals surface area contributed by atoms with E-state index in [1.165, 1.54) is 36.4 Å². The van der Waals surface area contributed by atoms with E-state index in [1.54, 1.807) is 13.8 Å². The highest BCUT2D eigenvalue weighted by Crippen LogP contribution is 2.45. The van der Waals surface area contributed by atoms with Crippen molar-refractivity contribution < 1.29 is 45.8 Å². The highest BCUT2D eigenvalue weighted by Gasteiger charge is 2.45. The first-order valence-corrected chi connectivity index (χ1v) is 16.7. The number of hydrogen-bond acceptors (Lipinski definition) is 13. The number of rotatable bonds is 8. The van der Waals surface area contributed by atoms with Crippen LogP contribution in [0.25, 0.3) is 10.2 Å². The molecule has 42 heavy (non-hydrogen) atoms. The van der Waals surface area contributed by atoms with Crippen molar-refractivity contribution >= 4 is 87.2 Å². The number of esters is 2. The lowest BCUT2D eigenvalue weighted by molar-refractivity contribution is -0.113.